The highest BCUT2D eigenvalue weighted by Crippen LogP contribution is 2.13. The minimum Gasteiger partial charge on any atom is -0.378 e. The van der Waals surface area contributed by atoms with Crippen LogP contribution in [-0.2, 0) is 18.3 Å². The number of rotatable bonds is 6. The van der Waals surface area contributed by atoms with Crippen LogP contribution in [-0.4, -0.2) is 27.3 Å². The number of amides is 1. The topological polar surface area (TPSA) is 67.2 Å². The number of nitrogens with zero attached hydrogens (tertiary/aromatic N) is 2. The van der Waals surface area contributed by atoms with Crippen LogP contribution >= 0.6 is 0 Å². The first-order chi connectivity index (χ1) is 10.1. The maximum Gasteiger partial charge on any atom is 0.253 e. The average molecular weight is 291 g/mol. The molecular formula is C15H18FN3O2. The van der Waals surface area contributed by atoms with E-state index in [1.807, 2.05) is 13.2 Å². The van der Waals surface area contributed by atoms with Crippen LogP contribution in [0.2, 0.25) is 0 Å². The van der Waals surface area contributed by atoms with Crippen molar-refractivity contribution in [2.45, 2.75) is 18.9 Å². The van der Waals surface area contributed by atoms with E-state index in [1.54, 1.807) is 10.9 Å². The first-order valence-electron chi connectivity index (χ1n) is 6.75. The minimum absolute atomic E-state index is 0.376. The zero-order valence-corrected chi connectivity index (χ0v) is 11.8. The molecule has 0 radical (unpaired) electrons. The molecule has 2 N–H and O–H groups in total. The fourth-order valence-electron chi connectivity index (χ4n) is 2.00. The van der Waals surface area contributed by atoms with Crippen molar-refractivity contribution in [3.63, 3.8) is 0 Å². The van der Waals surface area contributed by atoms with E-state index < -0.39 is 17.8 Å². The number of aryl methyl sites for hydroxylation is 2. The molecule has 0 saturated carbocycles. The molecule has 6 heteroatoms. The van der Waals surface area contributed by atoms with Gasteiger partial charge >= 0.3 is 0 Å². The zero-order valence-electron chi connectivity index (χ0n) is 11.8. The van der Waals surface area contributed by atoms with Crippen LogP contribution in [0, 0.1) is 5.82 Å². The van der Waals surface area contributed by atoms with Crippen molar-refractivity contribution in [3.8, 4) is 0 Å². The molecule has 1 aromatic carbocycles. The summed E-state index contributed by atoms with van der Waals surface area (Å²) in [7, 11) is 1.85. The second-order valence-corrected chi connectivity index (χ2v) is 4.87. The van der Waals surface area contributed by atoms with E-state index >= 15 is 0 Å². The zero-order chi connectivity index (χ0) is 15.2. The van der Waals surface area contributed by atoms with Gasteiger partial charge in [0.15, 0.2) is 6.10 Å². The number of aromatic nitrogens is 2. The molecule has 0 fully saturated rings. The molecule has 112 valence electrons. The Morgan fingerprint density at radius 2 is 2.14 bits per heavy atom. The van der Waals surface area contributed by atoms with Crippen LogP contribution in [0.25, 0.3) is 0 Å². The number of nitrogens with one attached hydrogen (secondary N) is 1. The fraction of sp³-hybridized carbons (Fsp3) is 0.333. The second kappa shape index (κ2) is 6.99. The van der Waals surface area contributed by atoms with Gasteiger partial charge in [-0.05, 0) is 36.1 Å². The smallest absolute Gasteiger partial charge is 0.253 e. The summed E-state index contributed by atoms with van der Waals surface area (Å²) in [5.74, 6) is -0.879. The average Bonchev–Trinajstić information content (AvgIpc) is 2.89. The van der Waals surface area contributed by atoms with E-state index in [0.717, 1.165) is 18.4 Å². The number of aliphatic hydroxyl groups is 1. The number of aliphatic hydroxyl groups excluding tert-OH is 1. The normalized spacial score (nSPS) is 12.1. The van der Waals surface area contributed by atoms with Gasteiger partial charge in [-0.3, -0.25) is 9.48 Å². The highest BCUT2D eigenvalue weighted by Gasteiger charge is 2.16. The molecule has 1 amide bonds. The third kappa shape index (κ3) is 4.39. The first-order valence-corrected chi connectivity index (χ1v) is 6.75. The van der Waals surface area contributed by atoms with E-state index in [4.69, 9.17) is 0 Å². The molecule has 2 rings (SSSR count). The number of carbonyl (C=O) groups is 1. The highest BCUT2D eigenvalue weighted by atomic mass is 19.1. The van der Waals surface area contributed by atoms with Crippen molar-refractivity contribution < 1.29 is 14.3 Å². The molecular weight excluding hydrogens is 273 g/mol. The molecule has 1 heterocycles. The van der Waals surface area contributed by atoms with Gasteiger partial charge in [0.05, 0.1) is 6.20 Å². The number of carbonyl (C=O) groups excluding carboxylic acids is 1. The maximum absolute atomic E-state index is 12.8. The van der Waals surface area contributed by atoms with Crippen LogP contribution in [0.3, 0.4) is 0 Å². The summed E-state index contributed by atoms with van der Waals surface area (Å²) in [4.78, 5) is 11.8. The van der Waals surface area contributed by atoms with Crippen molar-refractivity contribution in [2.75, 3.05) is 6.54 Å². The Kier molecular flexibility index (Phi) is 5.05. The standard InChI is InChI=1S/C15H18FN3O2/c1-19-10-11(9-18-19)3-2-8-17-15(21)14(20)12-4-6-13(16)7-5-12/h4-7,9-10,14,20H,2-3,8H2,1H3,(H,17,21). The lowest BCUT2D eigenvalue weighted by Crippen LogP contribution is -2.30. The van der Waals surface area contributed by atoms with Crippen LogP contribution in [0.15, 0.2) is 36.7 Å². The molecule has 0 spiro atoms. The molecule has 1 unspecified atom stereocenters. The van der Waals surface area contributed by atoms with Crippen molar-refractivity contribution in [1.29, 1.82) is 0 Å². The van der Waals surface area contributed by atoms with Gasteiger partial charge in [-0.15, -0.1) is 0 Å². The summed E-state index contributed by atoms with van der Waals surface area (Å²) < 4.78 is 14.5. The Morgan fingerprint density at radius 3 is 2.76 bits per heavy atom. The molecule has 2 aromatic rings. The van der Waals surface area contributed by atoms with E-state index in [-0.39, 0.29) is 0 Å². The number of hydrogen-bond acceptors (Lipinski definition) is 3. The number of hydrogen-bond donors (Lipinski definition) is 2. The molecule has 21 heavy (non-hydrogen) atoms. The van der Waals surface area contributed by atoms with Gasteiger partial charge in [0, 0.05) is 19.8 Å². The lowest BCUT2D eigenvalue weighted by Gasteiger charge is -2.11. The molecule has 1 atom stereocenters. The molecule has 1 aromatic heterocycles. The van der Waals surface area contributed by atoms with Crippen LogP contribution < -0.4 is 5.32 Å². The summed E-state index contributed by atoms with van der Waals surface area (Å²) in [6.07, 6.45) is 4.00. The lowest BCUT2D eigenvalue weighted by atomic mass is 10.1. The van der Waals surface area contributed by atoms with Gasteiger partial charge in [0.1, 0.15) is 5.82 Å². The Labute approximate surface area is 122 Å². The summed E-state index contributed by atoms with van der Waals surface area (Å²) in [6.45, 7) is 0.464. The summed E-state index contributed by atoms with van der Waals surface area (Å²) in [6, 6.07) is 5.23. The predicted molar refractivity (Wildman–Crippen MR) is 75.9 cm³/mol. The van der Waals surface area contributed by atoms with Crippen molar-refractivity contribution in [3.05, 3.63) is 53.6 Å². The Hall–Kier alpha value is -2.21. The van der Waals surface area contributed by atoms with E-state index in [2.05, 4.69) is 10.4 Å². The first kappa shape index (κ1) is 15.2. The maximum atomic E-state index is 12.8. The molecule has 5 nitrogen and oxygen atoms in total. The SMILES string of the molecule is Cn1cc(CCCNC(=O)C(O)c2ccc(F)cc2)cn1. The van der Waals surface area contributed by atoms with Gasteiger partial charge < -0.3 is 10.4 Å². The summed E-state index contributed by atoms with van der Waals surface area (Å²) in [5.41, 5.74) is 1.48. The van der Waals surface area contributed by atoms with E-state index in [9.17, 15) is 14.3 Å². The summed E-state index contributed by atoms with van der Waals surface area (Å²) >= 11 is 0. The van der Waals surface area contributed by atoms with Crippen molar-refractivity contribution in [2.24, 2.45) is 7.05 Å². The summed E-state index contributed by atoms with van der Waals surface area (Å²) in [5, 5.41) is 16.6. The quantitative estimate of drug-likeness (QED) is 0.789. The van der Waals surface area contributed by atoms with Gasteiger partial charge in [-0.1, -0.05) is 12.1 Å². The Balaban J connectivity index is 1.75. The Morgan fingerprint density at radius 1 is 1.43 bits per heavy atom. The van der Waals surface area contributed by atoms with Gasteiger partial charge in [-0.25, -0.2) is 4.39 Å². The molecule has 0 saturated heterocycles. The third-order valence-electron chi connectivity index (χ3n) is 3.13. The molecule has 0 aliphatic carbocycles. The van der Waals surface area contributed by atoms with Crippen molar-refractivity contribution in [1.82, 2.24) is 15.1 Å². The number of benzene rings is 1. The Bertz CT molecular complexity index is 595. The highest BCUT2D eigenvalue weighted by molar-refractivity contribution is 5.81. The predicted octanol–water partition coefficient (Wildman–Crippen LogP) is 1.34. The fourth-order valence-corrected chi connectivity index (χ4v) is 2.00. The largest absolute Gasteiger partial charge is 0.378 e. The second-order valence-electron chi connectivity index (χ2n) is 4.87. The van der Waals surface area contributed by atoms with Gasteiger partial charge in [0.2, 0.25) is 0 Å². The van der Waals surface area contributed by atoms with Crippen LogP contribution in [0.4, 0.5) is 4.39 Å². The minimum atomic E-state index is -1.27. The third-order valence-corrected chi connectivity index (χ3v) is 3.13. The van der Waals surface area contributed by atoms with Gasteiger partial charge in [0.25, 0.3) is 5.91 Å². The number of halogens is 1. The van der Waals surface area contributed by atoms with Crippen LogP contribution in [0.1, 0.15) is 23.7 Å². The monoisotopic (exact) mass is 291 g/mol. The van der Waals surface area contributed by atoms with Crippen LogP contribution in [0.5, 0.6) is 0 Å². The molecule has 0 bridgehead atoms. The van der Waals surface area contributed by atoms with Crippen molar-refractivity contribution >= 4 is 5.91 Å². The van der Waals surface area contributed by atoms with E-state index in [0.29, 0.717) is 12.1 Å². The molecule has 0 aliphatic rings. The molecule has 0 aliphatic heterocycles. The lowest BCUT2D eigenvalue weighted by molar-refractivity contribution is -0.129. The van der Waals surface area contributed by atoms with Gasteiger partial charge in [-0.2, -0.15) is 5.10 Å². The van der Waals surface area contributed by atoms with E-state index in [1.165, 1.54) is 24.3 Å².